The van der Waals surface area contributed by atoms with Crippen molar-refractivity contribution in [3.63, 3.8) is 0 Å². The molecular weight excluding hydrogens is 402 g/mol. The summed E-state index contributed by atoms with van der Waals surface area (Å²) in [6.07, 6.45) is 1.75. The molecule has 32 heavy (non-hydrogen) atoms. The third kappa shape index (κ3) is 5.00. The SMILES string of the molecule is CC(C)c1cc(C(=O)NCc2ccc(CN3CCOCC3)cc2)c2cnn(C(C)C)c2n1. The Bertz CT molecular complexity index is 1070. The van der Waals surface area contributed by atoms with E-state index < -0.39 is 0 Å². The molecule has 1 saturated heterocycles. The summed E-state index contributed by atoms with van der Waals surface area (Å²) in [5.74, 6) is 0.125. The molecule has 1 fully saturated rings. The zero-order valence-corrected chi connectivity index (χ0v) is 19.5. The van der Waals surface area contributed by atoms with Crippen molar-refractivity contribution in [2.24, 2.45) is 0 Å². The summed E-state index contributed by atoms with van der Waals surface area (Å²) in [6, 6.07) is 10.5. The number of nitrogens with zero attached hydrogens (tertiary/aromatic N) is 4. The number of hydrogen-bond acceptors (Lipinski definition) is 5. The number of hydrogen-bond donors (Lipinski definition) is 1. The Morgan fingerprint density at radius 1 is 1.09 bits per heavy atom. The van der Waals surface area contributed by atoms with Crippen molar-refractivity contribution < 1.29 is 9.53 Å². The van der Waals surface area contributed by atoms with E-state index in [1.54, 1.807) is 6.20 Å². The molecule has 1 aliphatic heterocycles. The van der Waals surface area contributed by atoms with Gasteiger partial charge < -0.3 is 10.1 Å². The Morgan fingerprint density at radius 2 is 1.78 bits per heavy atom. The van der Waals surface area contributed by atoms with Crippen molar-refractivity contribution in [3.8, 4) is 0 Å². The molecule has 1 N–H and O–H groups in total. The van der Waals surface area contributed by atoms with Gasteiger partial charge in [-0.15, -0.1) is 0 Å². The van der Waals surface area contributed by atoms with Gasteiger partial charge in [0, 0.05) is 37.9 Å². The Kier molecular flexibility index (Phi) is 6.86. The number of benzene rings is 1. The molecule has 7 heteroatoms. The largest absolute Gasteiger partial charge is 0.379 e. The smallest absolute Gasteiger partial charge is 0.252 e. The van der Waals surface area contributed by atoms with Gasteiger partial charge in [0.1, 0.15) is 0 Å². The van der Waals surface area contributed by atoms with Gasteiger partial charge in [-0.1, -0.05) is 38.1 Å². The third-order valence-electron chi connectivity index (χ3n) is 5.90. The fourth-order valence-corrected chi connectivity index (χ4v) is 3.96. The van der Waals surface area contributed by atoms with E-state index >= 15 is 0 Å². The number of amides is 1. The molecule has 0 atom stereocenters. The molecule has 7 nitrogen and oxygen atoms in total. The van der Waals surface area contributed by atoms with Crippen molar-refractivity contribution in [2.75, 3.05) is 26.3 Å². The number of rotatable bonds is 7. The molecule has 1 amide bonds. The predicted octanol–water partition coefficient (Wildman–Crippen LogP) is 3.90. The summed E-state index contributed by atoms with van der Waals surface area (Å²) in [4.78, 5) is 20.3. The maximum absolute atomic E-state index is 13.1. The van der Waals surface area contributed by atoms with Crippen LogP contribution in [-0.2, 0) is 17.8 Å². The molecule has 0 radical (unpaired) electrons. The average molecular weight is 436 g/mol. The van der Waals surface area contributed by atoms with E-state index in [-0.39, 0.29) is 17.9 Å². The van der Waals surface area contributed by atoms with Gasteiger partial charge in [0.05, 0.1) is 30.4 Å². The van der Waals surface area contributed by atoms with Crippen LogP contribution in [0.15, 0.2) is 36.5 Å². The highest BCUT2D eigenvalue weighted by Gasteiger charge is 2.19. The van der Waals surface area contributed by atoms with E-state index in [1.165, 1.54) is 5.56 Å². The minimum Gasteiger partial charge on any atom is -0.379 e. The third-order valence-corrected chi connectivity index (χ3v) is 5.90. The standard InChI is InChI=1S/C25H33N5O2/c1-17(2)23-13-21(22-15-27-30(18(3)4)24(22)28-23)25(31)26-14-19-5-7-20(8-6-19)16-29-9-11-32-12-10-29/h5-8,13,15,17-18H,9-12,14,16H2,1-4H3,(H,26,31). The molecule has 0 spiro atoms. The number of aromatic nitrogens is 3. The molecule has 1 aliphatic rings. The minimum atomic E-state index is -0.0972. The number of nitrogens with one attached hydrogen (secondary N) is 1. The normalized spacial score (nSPS) is 15.1. The second kappa shape index (κ2) is 9.79. The van der Waals surface area contributed by atoms with Crippen LogP contribution in [-0.4, -0.2) is 51.9 Å². The molecule has 0 bridgehead atoms. The van der Waals surface area contributed by atoms with Crippen LogP contribution in [0.4, 0.5) is 0 Å². The lowest BCUT2D eigenvalue weighted by atomic mass is 10.0. The highest BCUT2D eigenvalue weighted by atomic mass is 16.5. The van der Waals surface area contributed by atoms with Gasteiger partial charge in [-0.2, -0.15) is 5.10 Å². The first-order valence-electron chi connectivity index (χ1n) is 11.5. The predicted molar refractivity (Wildman–Crippen MR) is 126 cm³/mol. The van der Waals surface area contributed by atoms with Crippen molar-refractivity contribution >= 4 is 16.9 Å². The number of carbonyl (C=O) groups is 1. The number of morpholine rings is 1. The Hall–Kier alpha value is -2.77. The first-order chi connectivity index (χ1) is 15.4. The van der Waals surface area contributed by atoms with Crippen molar-refractivity contribution in [2.45, 2.75) is 52.7 Å². The van der Waals surface area contributed by atoms with E-state index in [4.69, 9.17) is 9.72 Å². The van der Waals surface area contributed by atoms with Crippen LogP contribution in [0.3, 0.4) is 0 Å². The summed E-state index contributed by atoms with van der Waals surface area (Å²) in [7, 11) is 0. The van der Waals surface area contributed by atoms with Gasteiger partial charge in [0.15, 0.2) is 5.65 Å². The molecule has 3 heterocycles. The fraction of sp³-hybridized carbons (Fsp3) is 0.480. The lowest BCUT2D eigenvalue weighted by Crippen LogP contribution is -2.35. The summed E-state index contributed by atoms with van der Waals surface area (Å²) < 4.78 is 7.30. The molecule has 2 aromatic heterocycles. The topological polar surface area (TPSA) is 72.3 Å². The number of pyridine rings is 1. The Labute approximate surface area is 189 Å². The molecule has 0 aliphatic carbocycles. The Balaban J connectivity index is 1.46. The highest BCUT2D eigenvalue weighted by Crippen LogP contribution is 2.24. The summed E-state index contributed by atoms with van der Waals surface area (Å²) >= 11 is 0. The maximum Gasteiger partial charge on any atom is 0.252 e. The van der Waals surface area contributed by atoms with E-state index in [0.29, 0.717) is 12.1 Å². The number of ether oxygens (including phenoxy) is 1. The van der Waals surface area contributed by atoms with E-state index in [0.717, 1.165) is 55.1 Å². The highest BCUT2D eigenvalue weighted by molar-refractivity contribution is 6.05. The van der Waals surface area contributed by atoms with Gasteiger partial charge in [0.2, 0.25) is 0 Å². The van der Waals surface area contributed by atoms with E-state index in [2.05, 4.69) is 67.3 Å². The summed E-state index contributed by atoms with van der Waals surface area (Å²) in [6.45, 7) is 13.3. The van der Waals surface area contributed by atoms with Crippen LogP contribution in [0, 0.1) is 0 Å². The van der Waals surface area contributed by atoms with Gasteiger partial charge in [0.25, 0.3) is 5.91 Å². The van der Waals surface area contributed by atoms with Crippen LogP contribution in [0.2, 0.25) is 0 Å². The maximum atomic E-state index is 13.1. The summed E-state index contributed by atoms with van der Waals surface area (Å²) in [5.41, 5.74) is 4.66. The molecule has 3 aromatic rings. The minimum absolute atomic E-state index is 0.0972. The van der Waals surface area contributed by atoms with Crippen LogP contribution in [0.25, 0.3) is 11.0 Å². The van der Waals surface area contributed by atoms with Crippen LogP contribution < -0.4 is 5.32 Å². The van der Waals surface area contributed by atoms with E-state index in [1.807, 2.05) is 10.7 Å². The Morgan fingerprint density at radius 3 is 2.44 bits per heavy atom. The zero-order valence-electron chi connectivity index (χ0n) is 19.5. The molecule has 1 aromatic carbocycles. The van der Waals surface area contributed by atoms with Crippen molar-refractivity contribution in [1.29, 1.82) is 0 Å². The first kappa shape index (κ1) is 22.4. The van der Waals surface area contributed by atoms with E-state index in [9.17, 15) is 4.79 Å². The molecule has 4 rings (SSSR count). The second-order valence-corrected chi connectivity index (χ2v) is 9.06. The first-order valence-corrected chi connectivity index (χ1v) is 11.5. The molecule has 0 unspecified atom stereocenters. The molecule has 0 saturated carbocycles. The molecular formula is C25H33N5O2. The van der Waals surface area contributed by atoms with Crippen LogP contribution in [0.1, 0.15) is 66.8 Å². The fourth-order valence-electron chi connectivity index (χ4n) is 3.96. The number of fused-ring (bicyclic) bond motifs is 1. The molecule has 170 valence electrons. The van der Waals surface area contributed by atoms with Gasteiger partial charge in [-0.3, -0.25) is 9.69 Å². The lowest BCUT2D eigenvalue weighted by molar-refractivity contribution is 0.0342. The summed E-state index contributed by atoms with van der Waals surface area (Å²) in [5, 5.41) is 8.35. The van der Waals surface area contributed by atoms with Gasteiger partial charge >= 0.3 is 0 Å². The van der Waals surface area contributed by atoms with Crippen LogP contribution in [0.5, 0.6) is 0 Å². The zero-order chi connectivity index (χ0) is 22.7. The lowest BCUT2D eigenvalue weighted by Gasteiger charge is -2.26. The van der Waals surface area contributed by atoms with Crippen molar-refractivity contribution in [3.05, 3.63) is 58.9 Å². The van der Waals surface area contributed by atoms with Crippen LogP contribution >= 0.6 is 0 Å². The quantitative estimate of drug-likeness (QED) is 0.609. The number of carbonyl (C=O) groups excluding carboxylic acids is 1. The average Bonchev–Trinajstić information content (AvgIpc) is 3.23. The van der Waals surface area contributed by atoms with Crippen molar-refractivity contribution in [1.82, 2.24) is 25.0 Å². The second-order valence-electron chi connectivity index (χ2n) is 9.06. The van der Waals surface area contributed by atoms with Gasteiger partial charge in [-0.05, 0) is 37.0 Å². The van der Waals surface area contributed by atoms with Gasteiger partial charge in [-0.25, -0.2) is 9.67 Å². The monoisotopic (exact) mass is 435 g/mol.